The molecule has 0 unspecified atom stereocenters. The molecule has 0 radical (unpaired) electrons. The summed E-state index contributed by atoms with van der Waals surface area (Å²) in [6, 6.07) is 10.1. The molecule has 0 bridgehead atoms. The van der Waals surface area contributed by atoms with E-state index in [4.69, 9.17) is 16.7 Å². The van der Waals surface area contributed by atoms with Gasteiger partial charge in [0.05, 0.1) is 38.1 Å². The maximum atomic E-state index is 12.9. The van der Waals surface area contributed by atoms with Crippen molar-refractivity contribution in [3.05, 3.63) is 70.2 Å². The third kappa shape index (κ3) is 3.51. The number of ether oxygens (including phenoxy) is 1. The van der Waals surface area contributed by atoms with E-state index in [1.165, 1.54) is 24.4 Å². The number of H-pyrrole nitrogens is 1. The molecule has 10 nitrogen and oxygen atoms in total. The first-order chi connectivity index (χ1) is 14.3. The number of carboxylic acid groups (broad SMARTS) is 1. The molecule has 0 saturated carbocycles. The van der Waals surface area contributed by atoms with E-state index in [1.807, 2.05) is 0 Å². The number of nitrogens with zero attached hydrogens (tertiary/aromatic N) is 3. The first-order valence-electron chi connectivity index (χ1n) is 8.25. The van der Waals surface area contributed by atoms with Crippen LogP contribution >= 0.6 is 11.6 Å². The van der Waals surface area contributed by atoms with Crippen LogP contribution < -0.4 is 10.3 Å². The van der Waals surface area contributed by atoms with Crippen molar-refractivity contribution in [3.63, 3.8) is 0 Å². The summed E-state index contributed by atoms with van der Waals surface area (Å²) >= 11 is 6.21. The number of benzene rings is 2. The third-order valence-electron chi connectivity index (χ3n) is 4.07. The van der Waals surface area contributed by atoms with Gasteiger partial charge in [0, 0.05) is 0 Å². The molecule has 152 valence electrons. The molecule has 2 aromatic carbocycles. The fourth-order valence-electron chi connectivity index (χ4n) is 2.74. The Morgan fingerprint density at radius 1 is 1.20 bits per heavy atom. The van der Waals surface area contributed by atoms with Crippen LogP contribution in [-0.4, -0.2) is 39.4 Å². The fraction of sp³-hybridized carbons (Fsp3) is 0. The van der Waals surface area contributed by atoms with E-state index in [0.717, 1.165) is 16.9 Å². The van der Waals surface area contributed by atoms with Gasteiger partial charge >= 0.3 is 6.16 Å². The number of fused-ring (bicyclic) bond motifs is 1. The van der Waals surface area contributed by atoms with Crippen LogP contribution in [0.5, 0.6) is 5.75 Å². The number of halogens is 1. The van der Waals surface area contributed by atoms with Crippen molar-refractivity contribution in [2.45, 2.75) is 9.79 Å². The summed E-state index contributed by atoms with van der Waals surface area (Å²) in [6.07, 6.45) is 0.808. The zero-order valence-electron chi connectivity index (χ0n) is 14.8. The average Bonchev–Trinajstić information content (AvgIpc) is 3.15. The predicted octanol–water partition coefficient (Wildman–Crippen LogP) is 2.65. The molecule has 2 aromatic heterocycles. The van der Waals surface area contributed by atoms with Crippen molar-refractivity contribution < 1.29 is 23.1 Å². The van der Waals surface area contributed by atoms with Crippen LogP contribution in [0.1, 0.15) is 0 Å². The van der Waals surface area contributed by atoms with E-state index in [-0.39, 0.29) is 37.4 Å². The van der Waals surface area contributed by atoms with Crippen molar-refractivity contribution in [2.75, 3.05) is 0 Å². The Labute approximate surface area is 173 Å². The number of hydrogen-bond acceptors (Lipinski definition) is 7. The zero-order chi connectivity index (χ0) is 21.5. The predicted molar refractivity (Wildman–Crippen MR) is 105 cm³/mol. The number of carbonyl (C=O) groups is 1. The van der Waals surface area contributed by atoms with E-state index < -0.39 is 21.6 Å². The van der Waals surface area contributed by atoms with Crippen molar-refractivity contribution in [2.24, 2.45) is 0 Å². The Morgan fingerprint density at radius 3 is 2.63 bits per heavy atom. The molecule has 0 aliphatic carbocycles. The molecule has 0 atom stereocenters. The van der Waals surface area contributed by atoms with Crippen LogP contribution in [0.3, 0.4) is 0 Å². The molecule has 0 aliphatic rings. The normalized spacial score (nSPS) is 11.5. The number of aromatic amines is 1. The number of rotatable bonds is 4. The molecular formula is C18H11ClN4O6S. The maximum absolute atomic E-state index is 12.9. The quantitative estimate of drug-likeness (QED) is 0.455. The summed E-state index contributed by atoms with van der Waals surface area (Å²) in [5.74, 6) is -0.116. The van der Waals surface area contributed by atoms with Crippen LogP contribution in [-0.2, 0) is 9.84 Å². The van der Waals surface area contributed by atoms with Gasteiger partial charge in [0.2, 0.25) is 15.8 Å². The minimum Gasteiger partial charge on any atom is -0.449 e. The first-order valence-corrected chi connectivity index (χ1v) is 10.1. The Balaban J connectivity index is 1.83. The standard InChI is InChI=1S/C18H11ClN4O6S/c19-13-7-14-12(6-15(13)30(27,28)11-4-2-1-3-5-11)16(24)22-17(21-14)23-9-10(8-20-23)29-18(25)26/h1-9H,(H,25,26)(H,21,22,24). The van der Waals surface area contributed by atoms with E-state index in [9.17, 15) is 18.0 Å². The summed E-state index contributed by atoms with van der Waals surface area (Å²) in [5, 5.41) is 12.4. The Bertz CT molecular complexity index is 1450. The Morgan fingerprint density at radius 2 is 1.93 bits per heavy atom. The van der Waals surface area contributed by atoms with Crippen molar-refractivity contribution in [1.82, 2.24) is 19.7 Å². The van der Waals surface area contributed by atoms with Gasteiger partial charge in [-0.2, -0.15) is 5.10 Å². The van der Waals surface area contributed by atoms with Crippen LogP contribution in [0.4, 0.5) is 4.79 Å². The number of sulfone groups is 1. The lowest BCUT2D eigenvalue weighted by Gasteiger charge is -2.09. The lowest BCUT2D eigenvalue weighted by Crippen LogP contribution is -2.15. The summed E-state index contributed by atoms with van der Waals surface area (Å²) in [6.45, 7) is 0. The SMILES string of the molecule is O=C(O)Oc1cnn(-c2nc3cc(Cl)c(S(=O)(=O)c4ccccc4)cc3c(=O)[nH]2)c1. The van der Waals surface area contributed by atoms with E-state index >= 15 is 0 Å². The molecule has 0 amide bonds. The highest BCUT2D eigenvalue weighted by atomic mass is 35.5. The van der Waals surface area contributed by atoms with E-state index in [0.29, 0.717) is 0 Å². The molecule has 2 heterocycles. The summed E-state index contributed by atoms with van der Waals surface area (Å²) in [4.78, 5) is 29.7. The number of nitrogens with one attached hydrogen (secondary N) is 1. The number of aromatic nitrogens is 4. The molecule has 4 aromatic rings. The van der Waals surface area contributed by atoms with Gasteiger partial charge in [-0.3, -0.25) is 9.78 Å². The highest BCUT2D eigenvalue weighted by Gasteiger charge is 2.22. The van der Waals surface area contributed by atoms with Gasteiger partial charge < -0.3 is 9.84 Å². The highest BCUT2D eigenvalue weighted by Crippen LogP contribution is 2.30. The molecule has 4 rings (SSSR count). The molecule has 30 heavy (non-hydrogen) atoms. The molecule has 0 aliphatic heterocycles. The second-order valence-electron chi connectivity index (χ2n) is 5.99. The summed E-state index contributed by atoms with van der Waals surface area (Å²) in [5.41, 5.74) is -0.505. The van der Waals surface area contributed by atoms with Gasteiger partial charge in [-0.1, -0.05) is 29.8 Å². The number of hydrogen-bond donors (Lipinski definition) is 2. The Kier molecular flexibility index (Phi) is 4.76. The molecule has 0 spiro atoms. The van der Waals surface area contributed by atoms with Gasteiger partial charge in [0.15, 0.2) is 5.75 Å². The van der Waals surface area contributed by atoms with Gasteiger partial charge in [-0.05, 0) is 24.3 Å². The molecule has 12 heteroatoms. The lowest BCUT2D eigenvalue weighted by molar-refractivity contribution is 0.144. The monoisotopic (exact) mass is 446 g/mol. The smallest absolute Gasteiger partial charge is 0.449 e. The van der Waals surface area contributed by atoms with Crippen molar-refractivity contribution in [1.29, 1.82) is 0 Å². The average molecular weight is 447 g/mol. The van der Waals surface area contributed by atoms with Crippen LogP contribution in [0.15, 0.2) is 69.4 Å². The second-order valence-corrected chi connectivity index (χ2v) is 8.32. The largest absolute Gasteiger partial charge is 0.511 e. The minimum absolute atomic E-state index is 0.00632. The van der Waals surface area contributed by atoms with E-state index in [2.05, 4.69) is 19.8 Å². The summed E-state index contributed by atoms with van der Waals surface area (Å²) < 4.78 is 31.4. The second kappa shape index (κ2) is 7.28. The van der Waals surface area contributed by atoms with Gasteiger partial charge in [0.1, 0.15) is 0 Å². The summed E-state index contributed by atoms with van der Waals surface area (Å²) in [7, 11) is -3.95. The highest BCUT2D eigenvalue weighted by molar-refractivity contribution is 7.91. The third-order valence-corrected chi connectivity index (χ3v) is 6.30. The lowest BCUT2D eigenvalue weighted by atomic mass is 10.2. The van der Waals surface area contributed by atoms with Gasteiger partial charge in [0.25, 0.3) is 5.56 Å². The maximum Gasteiger partial charge on any atom is 0.511 e. The fourth-order valence-corrected chi connectivity index (χ4v) is 4.57. The molecule has 0 saturated heterocycles. The zero-order valence-corrected chi connectivity index (χ0v) is 16.4. The van der Waals surface area contributed by atoms with Crippen molar-refractivity contribution >= 4 is 38.5 Å². The van der Waals surface area contributed by atoms with Gasteiger partial charge in [-0.25, -0.2) is 22.9 Å². The topological polar surface area (TPSA) is 144 Å². The minimum atomic E-state index is -3.95. The Hall–Kier alpha value is -3.70. The molecule has 0 fully saturated rings. The molecule has 2 N–H and O–H groups in total. The van der Waals surface area contributed by atoms with E-state index in [1.54, 1.807) is 18.2 Å². The van der Waals surface area contributed by atoms with Crippen LogP contribution in [0.25, 0.3) is 16.9 Å². The first kappa shape index (κ1) is 19.6. The van der Waals surface area contributed by atoms with Crippen LogP contribution in [0, 0.1) is 0 Å². The molecular weight excluding hydrogens is 436 g/mol. The van der Waals surface area contributed by atoms with Crippen molar-refractivity contribution in [3.8, 4) is 11.7 Å². The van der Waals surface area contributed by atoms with Crippen LogP contribution in [0.2, 0.25) is 5.02 Å². The van der Waals surface area contributed by atoms with Gasteiger partial charge in [-0.15, -0.1) is 0 Å².